The maximum atomic E-state index is 14.7. The second-order valence-corrected chi connectivity index (χ2v) is 12.7. The second kappa shape index (κ2) is 13.0. The molecule has 47 heavy (non-hydrogen) atoms. The zero-order valence-corrected chi connectivity index (χ0v) is 26.7. The quantitative estimate of drug-likeness (QED) is 0.325. The van der Waals surface area contributed by atoms with Crippen LogP contribution in [0.4, 0.5) is 13.6 Å². The SMILES string of the molecule is CCOC(=O)C(C)(C)OC(=O)OCOc1c2n(ccc1=O)N[C@@H]1C(c3cccc4c3CC3=C(CS4)C(F)=C(F)CC3)OCCN1C2=O. The van der Waals surface area contributed by atoms with Crippen molar-refractivity contribution in [2.75, 3.05) is 37.7 Å². The van der Waals surface area contributed by atoms with Crippen LogP contribution in [0.25, 0.3) is 0 Å². The van der Waals surface area contributed by atoms with Gasteiger partial charge in [0.25, 0.3) is 5.91 Å². The number of esters is 1. The number of rotatable bonds is 7. The van der Waals surface area contributed by atoms with E-state index in [1.807, 2.05) is 18.2 Å². The van der Waals surface area contributed by atoms with E-state index in [0.29, 0.717) is 24.2 Å². The van der Waals surface area contributed by atoms with Gasteiger partial charge in [-0.3, -0.25) is 14.3 Å². The number of carbonyl (C=O) groups excluding carboxylic acids is 3. The van der Waals surface area contributed by atoms with Crippen molar-refractivity contribution < 1.29 is 46.8 Å². The summed E-state index contributed by atoms with van der Waals surface area (Å²) >= 11 is 1.44. The Morgan fingerprint density at radius 1 is 1.15 bits per heavy atom. The number of thioether (sulfide) groups is 1. The van der Waals surface area contributed by atoms with Gasteiger partial charge in [0.2, 0.25) is 23.6 Å². The molecule has 1 saturated heterocycles. The smallest absolute Gasteiger partial charge is 0.463 e. The molecule has 1 unspecified atom stereocenters. The Balaban J connectivity index is 1.23. The van der Waals surface area contributed by atoms with Crippen LogP contribution in [0, 0.1) is 0 Å². The van der Waals surface area contributed by atoms with E-state index in [0.717, 1.165) is 21.6 Å². The van der Waals surface area contributed by atoms with E-state index in [1.165, 1.54) is 42.5 Å². The van der Waals surface area contributed by atoms with Gasteiger partial charge in [-0.1, -0.05) is 17.7 Å². The Labute approximate surface area is 272 Å². The first-order valence-corrected chi connectivity index (χ1v) is 16.1. The molecule has 4 heterocycles. The first kappa shape index (κ1) is 32.6. The lowest BCUT2D eigenvalue weighted by atomic mass is 9.88. The molecule has 1 N–H and O–H groups in total. The fourth-order valence-electron chi connectivity index (χ4n) is 6.00. The average molecular weight is 674 g/mol. The van der Waals surface area contributed by atoms with Crippen LogP contribution in [0.15, 0.2) is 63.0 Å². The Bertz CT molecular complexity index is 1760. The molecule has 1 aromatic heterocycles. The zero-order chi connectivity index (χ0) is 33.5. The molecule has 0 bridgehead atoms. The number of nitrogens with zero attached hydrogens (tertiary/aromatic N) is 2. The number of benzene rings is 1. The molecule has 2 atom stereocenters. The van der Waals surface area contributed by atoms with Gasteiger partial charge in [-0.2, -0.15) is 0 Å². The topological polar surface area (TPSA) is 135 Å². The number of amides is 1. The van der Waals surface area contributed by atoms with Crippen LogP contribution in [0.5, 0.6) is 5.75 Å². The molecule has 3 aliphatic heterocycles. The third kappa shape index (κ3) is 6.21. The van der Waals surface area contributed by atoms with Gasteiger partial charge in [0, 0.05) is 41.5 Å². The van der Waals surface area contributed by atoms with Crippen molar-refractivity contribution in [2.45, 2.75) is 62.8 Å². The third-order valence-corrected chi connectivity index (χ3v) is 9.47. The van der Waals surface area contributed by atoms with Crippen molar-refractivity contribution in [3.63, 3.8) is 0 Å². The first-order chi connectivity index (χ1) is 22.5. The molecule has 1 amide bonds. The Morgan fingerprint density at radius 2 is 1.96 bits per heavy atom. The Kier molecular flexibility index (Phi) is 9.03. The van der Waals surface area contributed by atoms with Crippen LogP contribution in [0.1, 0.15) is 61.3 Å². The summed E-state index contributed by atoms with van der Waals surface area (Å²) in [5, 5.41) is 0. The highest BCUT2D eigenvalue weighted by atomic mass is 32.2. The standard InChI is InChI=1S/C32H33F2N3O9S/c1-4-42-30(40)32(2,3)46-31(41)45-16-44-27-22(38)10-11-37-25(27)29(39)36-12-13-43-26(28(36)35-37)18-6-5-7-23-19(18)14-17-8-9-21(33)24(34)20(17)15-47-23/h5-7,10-11,26,28,35H,4,8-9,12-16H2,1-3H3/t26?,28-/m0/s1. The van der Waals surface area contributed by atoms with Gasteiger partial charge in [0.15, 0.2) is 11.5 Å². The maximum absolute atomic E-state index is 14.7. The van der Waals surface area contributed by atoms with Gasteiger partial charge in [-0.05, 0) is 50.8 Å². The number of halogens is 2. The largest absolute Gasteiger partial charge is 0.512 e. The molecule has 0 saturated carbocycles. The molecule has 1 aromatic carbocycles. The van der Waals surface area contributed by atoms with Crippen molar-refractivity contribution >= 4 is 29.8 Å². The summed E-state index contributed by atoms with van der Waals surface area (Å²) in [5.74, 6) is -2.80. The summed E-state index contributed by atoms with van der Waals surface area (Å²) in [6, 6.07) is 6.93. The number of hydrogen-bond donors (Lipinski definition) is 1. The molecule has 0 radical (unpaired) electrons. The van der Waals surface area contributed by atoms with Crippen molar-refractivity contribution in [3.05, 3.63) is 80.3 Å². The van der Waals surface area contributed by atoms with Gasteiger partial charge in [0.05, 0.1) is 13.2 Å². The molecule has 4 aliphatic rings. The lowest BCUT2D eigenvalue weighted by Crippen LogP contribution is -2.60. The number of allylic oxidation sites excluding steroid dienone is 3. The highest BCUT2D eigenvalue weighted by Crippen LogP contribution is 2.44. The van der Waals surface area contributed by atoms with Gasteiger partial charge in [-0.25, -0.2) is 18.4 Å². The van der Waals surface area contributed by atoms with Crippen LogP contribution in [0.2, 0.25) is 0 Å². The predicted octanol–water partition coefficient (Wildman–Crippen LogP) is 4.67. The minimum atomic E-state index is -1.63. The summed E-state index contributed by atoms with van der Waals surface area (Å²) in [6.45, 7) is 3.98. The first-order valence-electron chi connectivity index (χ1n) is 15.1. The normalized spacial score (nSPS) is 20.6. The molecular formula is C32H33F2N3O9S. The number of ether oxygens (including phenoxy) is 5. The monoisotopic (exact) mass is 673 g/mol. The van der Waals surface area contributed by atoms with E-state index in [4.69, 9.17) is 23.7 Å². The molecule has 15 heteroatoms. The third-order valence-electron chi connectivity index (χ3n) is 8.34. The number of morpholine rings is 1. The highest BCUT2D eigenvalue weighted by Gasteiger charge is 2.44. The maximum Gasteiger partial charge on any atom is 0.512 e. The molecule has 2 aromatic rings. The molecular weight excluding hydrogens is 640 g/mol. The van der Waals surface area contributed by atoms with E-state index in [9.17, 15) is 28.0 Å². The number of aromatic nitrogens is 1. The van der Waals surface area contributed by atoms with E-state index in [1.54, 1.807) is 11.8 Å². The number of fused-ring (bicyclic) bond motifs is 3. The van der Waals surface area contributed by atoms with Crippen molar-refractivity contribution in [1.29, 1.82) is 0 Å². The fraction of sp³-hybridized carbons (Fsp3) is 0.438. The minimum absolute atomic E-state index is 0.0244. The van der Waals surface area contributed by atoms with Crippen LogP contribution < -0.4 is 15.6 Å². The van der Waals surface area contributed by atoms with Gasteiger partial charge >= 0.3 is 12.1 Å². The van der Waals surface area contributed by atoms with Crippen molar-refractivity contribution in [3.8, 4) is 5.75 Å². The second-order valence-electron chi connectivity index (χ2n) is 11.7. The van der Waals surface area contributed by atoms with E-state index in [2.05, 4.69) is 5.43 Å². The molecule has 6 rings (SSSR count). The molecule has 1 fully saturated rings. The fourth-order valence-corrected chi connectivity index (χ4v) is 7.17. The molecule has 12 nitrogen and oxygen atoms in total. The highest BCUT2D eigenvalue weighted by molar-refractivity contribution is 7.99. The van der Waals surface area contributed by atoms with Crippen LogP contribution in [-0.4, -0.2) is 71.7 Å². The number of hydrogen-bond acceptors (Lipinski definition) is 11. The molecule has 1 aliphatic carbocycles. The summed E-state index contributed by atoms with van der Waals surface area (Å²) in [6.07, 6.45) is -0.296. The summed E-state index contributed by atoms with van der Waals surface area (Å²) in [5.41, 5.74) is 3.89. The number of carbonyl (C=O) groups is 3. The van der Waals surface area contributed by atoms with Crippen LogP contribution >= 0.6 is 11.8 Å². The van der Waals surface area contributed by atoms with Crippen LogP contribution in [-0.2, 0) is 30.2 Å². The summed E-state index contributed by atoms with van der Waals surface area (Å²) in [7, 11) is 0. The van der Waals surface area contributed by atoms with Gasteiger partial charge < -0.3 is 34.0 Å². The number of pyridine rings is 1. The lowest BCUT2D eigenvalue weighted by molar-refractivity contribution is -0.164. The number of nitrogens with one attached hydrogen (secondary N) is 1. The molecule has 250 valence electrons. The lowest BCUT2D eigenvalue weighted by Gasteiger charge is -2.46. The Morgan fingerprint density at radius 3 is 2.74 bits per heavy atom. The van der Waals surface area contributed by atoms with E-state index < -0.39 is 59.8 Å². The minimum Gasteiger partial charge on any atom is -0.463 e. The van der Waals surface area contributed by atoms with Gasteiger partial charge in [-0.15, -0.1) is 11.8 Å². The molecule has 0 spiro atoms. The van der Waals surface area contributed by atoms with Gasteiger partial charge in [0.1, 0.15) is 18.1 Å². The van der Waals surface area contributed by atoms with E-state index >= 15 is 0 Å². The summed E-state index contributed by atoms with van der Waals surface area (Å²) < 4.78 is 56.8. The Hall–Kier alpha value is -4.37. The average Bonchev–Trinajstić information content (AvgIpc) is 3.24. The van der Waals surface area contributed by atoms with Crippen molar-refractivity contribution in [1.82, 2.24) is 9.58 Å². The van der Waals surface area contributed by atoms with Crippen LogP contribution in [0.3, 0.4) is 0 Å². The van der Waals surface area contributed by atoms with Crippen molar-refractivity contribution in [2.24, 2.45) is 0 Å². The van der Waals surface area contributed by atoms with E-state index in [-0.39, 0.29) is 37.6 Å². The predicted molar refractivity (Wildman–Crippen MR) is 164 cm³/mol. The zero-order valence-electron chi connectivity index (χ0n) is 25.9. The summed E-state index contributed by atoms with van der Waals surface area (Å²) in [4.78, 5) is 53.5.